The highest BCUT2D eigenvalue weighted by Gasteiger charge is 2.58. The highest BCUT2D eigenvalue weighted by atomic mass is 79.9. The quantitative estimate of drug-likeness (QED) is 0.760. The summed E-state index contributed by atoms with van der Waals surface area (Å²) in [5, 5.41) is 4.88. The molecule has 0 amide bonds. The molecule has 0 bridgehead atoms. The van der Waals surface area contributed by atoms with Gasteiger partial charge in [0.1, 0.15) is 4.60 Å². The molecule has 4 nitrogen and oxygen atoms in total. The smallest absolute Gasteiger partial charge is 0.171 e. The van der Waals surface area contributed by atoms with Crippen LogP contribution in [0.1, 0.15) is 50.8 Å². The van der Waals surface area contributed by atoms with Gasteiger partial charge in [0.15, 0.2) is 5.79 Å². The predicted octanol–water partition coefficient (Wildman–Crippen LogP) is 3.57. The third-order valence-electron chi connectivity index (χ3n) is 6.39. The van der Waals surface area contributed by atoms with Crippen molar-refractivity contribution in [3.05, 3.63) is 15.9 Å². The number of hydrogen-bond acceptors (Lipinski definition) is 3. The molecule has 2 aliphatic carbocycles. The fraction of sp³-hybridized carbons (Fsp3) is 0.824. The first-order valence-electron chi connectivity index (χ1n) is 8.51. The summed E-state index contributed by atoms with van der Waals surface area (Å²) >= 11 is 3.72. The number of nitrogens with zero attached hydrogens (tertiary/aromatic N) is 2. The van der Waals surface area contributed by atoms with Gasteiger partial charge in [0.25, 0.3) is 0 Å². The minimum absolute atomic E-state index is 0.151. The highest BCUT2D eigenvalue weighted by Crippen LogP contribution is 2.58. The first-order chi connectivity index (χ1) is 10.5. The lowest BCUT2D eigenvalue weighted by molar-refractivity contribution is -0.240. The van der Waals surface area contributed by atoms with Crippen molar-refractivity contribution in [1.82, 2.24) is 9.78 Å². The molecule has 122 valence electrons. The van der Waals surface area contributed by atoms with Crippen LogP contribution in [0, 0.1) is 11.8 Å². The lowest BCUT2D eigenvalue weighted by Gasteiger charge is -2.54. The molecular weight excluding hydrogens is 344 g/mol. The second kappa shape index (κ2) is 5.05. The Balaban J connectivity index is 1.77. The highest BCUT2D eigenvalue weighted by molar-refractivity contribution is 9.10. The summed E-state index contributed by atoms with van der Waals surface area (Å²) < 4.78 is 15.4. The Bertz CT molecular complexity index is 594. The van der Waals surface area contributed by atoms with Crippen LogP contribution >= 0.6 is 15.9 Å². The van der Waals surface area contributed by atoms with Crippen molar-refractivity contribution in [3.63, 3.8) is 0 Å². The number of rotatable bonds is 1. The Labute approximate surface area is 140 Å². The summed E-state index contributed by atoms with van der Waals surface area (Å²) in [6, 6.07) is 0. The summed E-state index contributed by atoms with van der Waals surface area (Å²) in [5.41, 5.74) is 2.88. The van der Waals surface area contributed by atoms with Crippen molar-refractivity contribution in [1.29, 1.82) is 0 Å². The van der Waals surface area contributed by atoms with Crippen molar-refractivity contribution in [2.45, 2.75) is 57.2 Å². The first-order valence-corrected chi connectivity index (χ1v) is 9.31. The SMILES string of the molecule is CC[C@H]1[C@@H]2CCc3c(nn(C)c3Br)[C@@]2(C)CCC12OCCO2. The van der Waals surface area contributed by atoms with E-state index in [0.29, 0.717) is 11.8 Å². The monoisotopic (exact) mass is 368 g/mol. The summed E-state index contributed by atoms with van der Waals surface area (Å²) in [4.78, 5) is 0. The van der Waals surface area contributed by atoms with E-state index in [1.165, 1.54) is 17.7 Å². The Kier molecular flexibility index (Phi) is 3.48. The molecule has 2 heterocycles. The van der Waals surface area contributed by atoms with Crippen molar-refractivity contribution >= 4 is 15.9 Å². The van der Waals surface area contributed by atoms with Crippen molar-refractivity contribution in [3.8, 4) is 0 Å². The number of aromatic nitrogens is 2. The number of aryl methyl sites for hydroxylation is 1. The van der Waals surface area contributed by atoms with Gasteiger partial charge in [0.05, 0.1) is 18.9 Å². The largest absolute Gasteiger partial charge is 0.347 e. The molecule has 4 rings (SSSR count). The maximum atomic E-state index is 6.14. The van der Waals surface area contributed by atoms with E-state index >= 15 is 0 Å². The van der Waals surface area contributed by atoms with E-state index in [1.807, 2.05) is 11.7 Å². The summed E-state index contributed by atoms with van der Waals surface area (Å²) in [6.45, 7) is 6.20. The van der Waals surface area contributed by atoms with E-state index in [2.05, 4.69) is 29.8 Å². The van der Waals surface area contributed by atoms with Crippen LogP contribution in [0.2, 0.25) is 0 Å². The minimum Gasteiger partial charge on any atom is -0.347 e. The summed E-state index contributed by atoms with van der Waals surface area (Å²) in [5.74, 6) is 0.754. The average molecular weight is 369 g/mol. The van der Waals surface area contributed by atoms with Crippen LogP contribution in [0.25, 0.3) is 0 Å². The van der Waals surface area contributed by atoms with Gasteiger partial charge in [-0.25, -0.2) is 0 Å². The molecule has 0 aromatic carbocycles. The normalized spacial score (nSPS) is 36.4. The Morgan fingerprint density at radius 3 is 2.73 bits per heavy atom. The van der Waals surface area contributed by atoms with Gasteiger partial charge in [-0.1, -0.05) is 13.8 Å². The van der Waals surface area contributed by atoms with Crippen LogP contribution in [0.3, 0.4) is 0 Å². The van der Waals surface area contributed by atoms with Gasteiger partial charge in [-0.2, -0.15) is 5.10 Å². The van der Waals surface area contributed by atoms with Crippen LogP contribution in [-0.2, 0) is 28.4 Å². The van der Waals surface area contributed by atoms with Gasteiger partial charge in [-0.05, 0) is 47.5 Å². The average Bonchev–Trinajstić information content (AvgIpc) is 3.08. The van der Waals surface area contributed by atoms with Crippen molar-refractivity contribution in [2.75, 3.05) is 13.2 Å². The zero-order valence-electron chi connectivity index (χ0n) is 13.7. The van der Waals surface area contributed by atoms with Gasteiger partial charge >= 0.3 is 0 Å². The molecule has 22 heavy (non-hydrogen) atoms. The van der Waals surface area contributed by atoms with Crippen LogP contribution in [-0.4, -0.2) is 28.8 Å². The van der Waals surface area contributed by atoms with Crippen molar-refractivity contribution < 1.29 is 9.47 Å². The molecular formula is C17H25BrN2O2. The number of fused-ring (bicyclic) bond motifs is 3. The molecule has 5 heteroatoms. The summed E-state index contributed by atoms with van der Waals surface area (Å²) in [6.07, 6.45) is 5.53. The van der Waals surface area contributed by atoms with E-state index in [4.69, 9.17) is 14.6 Å². The maximum absolute atomic E-state index is 6.14. The predicted molar refractivity (Wildman–Crippen MR) is 87.7 cm³/mol. The van der Waals surface area contributed by atoms with Crippen LogP contribution in [0.5, 0.6) is 0 Å². The molecule has 3 atom stereocenters. The topological polar surface area (TPSA) is 36.3 Å². The summed E-state index contributed by atoms with van der Waals surface area (Å²) in [7, 11) is 2.03. The Hall–Kier alpha value is -0.390. The van der Waals surface area contributed by atoms with E-state index < -0.39 is 0 Å². The lowest BCUT2D eigenvalue weighted by atomic mass is 9.54. The van der Waals surface area contributed by atoms with Gasteiger partial charge in [-0.15, -0.1) is 0 Å². The number of ether oxygens (including phenoxy) is 2. The zero-order valence-corrected chi connectivity index (χ0v) is 15.3. The lowest BCUT2D eigenvalue weighted by Crippen LogP contribution is -2.56. The number of hydrogen-bond donors (Lipinski definition) is 0. The second-order valence-corrected chi connectivity index (χ2v) is 8.08. The van der Waals surface area contributed by atoms with E-state index in [1.54, 1.807) is 0 Å². The molecule has 3 aliphatic rings. The molecule has 1 saturated carbocycles. The standard InChI is InChI=1S/C17H25BrN2O2/c1-4-12-13-6-5-11-14(19-20(3)15(11)18)16(13,2)7-8-17(12)21-9-10-22-17/h12-13H,4-10H2,1-3H3/t12-,13-,16-/m0/s1. The van der Waals surface area contributed by atoms with Crippen LogP contribution in [0.15, 0.2) is 4.60 Å². The number of halogens is 1. The Morgan fingerprint density at radius 1 is 1.32 bits per heavy atom. The Morgan fingerprint density at radius 2 is 2.05 bits per heavy atom. The molecule has 1 spiro atoms. The fourth-order valence-electron chi connectivity index (χ4n) is 5.32. The molecule has 1 saturated heterocycles. The maximum Gasteiger partial charge on any atom is 0.171 e. The molecule has 1 aliphatic heterocycles. The van der Waals surface area contributed by atoms with Crippen molar-refractivity contribution in [2.24, 2.45) is 18.9 Å². The minimum atomic E-state index is -0.317. The molecule has 0 unspecified atom stereocenters. The van der Waals surface area contributed by atoms with E-state index in [-0.39, 0.29) is 11.2 Å². The molecule has 0 N–H and O–H groups in total. The van der Waals surface area contributed by atoms with Gasteiger partial charge in [-0.3, -0.25) is 4.68 Å². The van der Waals surface area contributed by atoms with Gasteiger partial charge in [0, 0.05) is 30.4 Å². The molecule has 1 aromatic heterocycles. The van der Waals surface area contributed by atoms with E-state index in [0.717, 1.165) is 43.5 Å². The molecule has 2 fully saturated rings. The third kappa shape index (κ3) is 1.85. The first kappa shape index (κ1) is 15.2. The zero-order chi connectivity index (χ0) is 15.5. The van der Waals surface area contributed by atoms with Crippen LogP contribution in [0.4, 0.5) is 0 Å². The van der Waals surface area contributed by atoms with Gasteiger partial charge in [0.2, 0.25) is 0 Å². The van der Waals surface area contributed by atoms with Crippen LogP contribution < -0.4 is 0 Å². The molecule has 1 aromatic rings. The molecule has 0 radical (unpaired) electrons. The second-order valence-electron chi connectivity index (χ2n) is 7.33. The third-order valence-corrected chi connectivity index (χ3v) is 7.38. The van der Waals surface area contributed by atoms with E-state index in [9.17, 15) is 0 Å². The fourth-order valence-corrected chi connectivity index (χ4v) is 5.79. The van der Waals surface area contributed by atoms with Gasteiger partial charge < -0.3 is 9.47 Å².